The average molecular weight is 360 g/mol. The Morgan fingerprint density at radius 1 is 1.24 bits per heavy atom. The molecule has 2 aromatic carbocycles. The normalized spacial score (nSPS) is 10.2. The van der Waals surface area contributed by atoms with Gasteiger partial charge >= 0.3 is 0 Å². The van der Waals surface area contributed by atoms with E-state index in [0.29, 0.717) is 28.6 Å². The Kier molecular flexibility index (Phi) is 6.90. The van der Waals surface area contributed by atoms with Gasteiger partial charge in [-0.15, -0.1) is 0 Å². The number of benzene rings is 2. The summed E-state index contributed by atoms with van der Waals surface area (Å²) in [7, 11) is 1.58. The predicted octanol–water partition coefficient (Wildman–Crippen LogP) is 5.32. The van der Waals surface area contributed by atoms with Crippen molar-refractivity contribution in [2.75, 3.05) is 19.0 Å². The number of hydrogen-bond donors (Lipinski definition) is 1. The summed E-state index contributed by atoms with van der Waals surface area (Å²) in [6.07, 6.45) is 3.21. The largest absolute Gasteiger partial charge is 0.496 e. The summed E-state index contributed by atoms with van der Waals surface area (Å²) in [4.78, 5) is 11.6. The third-order valence-corrected chi connectivity index (χ3v) is 4.07. The summed E-state index contributed by atoms with van der Waals surface area (Å²) in [6, 6.07) is 11.1. The quantitative estimate of drug-likeness (QED) is 0.512. The van der Waals surface area contributed by atoms with Crippen LogP contribution in [0, 0.1) is 0 Å². The van der Waals surface area contributed by atoms with Crippen molar-refractivity contribution in [2.45, 2.75) is 19.8 Å². The zero-order valence-electron chi connectivity index (χ0n) is 14.5. The molecular weight excluding hydrogens is 338 g/mol. The van der Waals surface area contributed by atoms with E-state index in [1.54, 1.807) is 19.2 Å². The van der Waals surface area contributed by atoms with Gasteiger partial charge < -0.3 is 14.8 Å². The van der Waals surface area contributed by atoms with Gasteiger partial charge in [0.1, 0.15) is 11.5 Å². The lowest BCUT2D eigenvalue weighted by molar-refractivity contribution is -0.111. The molecule has 0 aliphatic heterocycles. The number of carbonyl (C=O) groups is 1. The fourth-order valence-electron chi connectivity index (χ4n) is 2.39. The van der Waals surface area contributed by atoms with Crippen molar-refractivity contribution in [3.05, 3.63) is 54.1 Å². The molecule has 2 aromatic rings. The van der Waals surface area contributed by atoms with Crippen molar-refractivity contribution in [3.8, 4) is 22.6 Å². The smallest absolute Gasteiger partial charge is 0.247 e. The maximum absolute atomic E-state index is 11.6. The standard InChI is InChI=1S/C20H22ClNO3/c1-4-6-13-25-16-10-8-7-9-14(16)19-17(24-3)12-11-15(20(19)21)22-18(23)5-2/h5,7-12H,2,4,6,13H2,1,3H3,(H,22,23). The first kappa shape index (κ1) is 18.9. The predicted molar refractivity (Wildman–Crippen MR) is 103 cm³/mol. The fourth-order valence-corrected chi connectivity index (χ4v) is 2.69. The summed E-state index contributed by atoms with van der Waals surface area (Å²) in [5.41, 5.74) is 1.99. The minimum Gasteiger partial charge on any atom is -0.496 e. The number of unbranched alkanes of at least 4 members (excludes halogenated alkanes) is 1. The van der Waals surface area contributed by atoms with Crippen molar-refractivity contribution in [3.63, 3.8) is 0 Å². The van der Waals surface area contributed by atoms with Crippen LogP contribution in [0.4, 0.5) is 5.69 Å². The van der Waals surface area contributed by atoms with Gasteiger partial charge in [-0.25, -0.2) is 0 Å². The molecule has 0 spiro atoms. The second kappa shape index (κ2) is 9.14. The van der Waals surface area contributed by atoms with Crippen molar-refractivity contribution < 1.29 is 14.3 Å². The van der Waals surface area contributed by atoms with Crippen LogP contribution in [-0.4, -0.2) is 19.6 Å². The average Bonchev–Trinajstić information content (AvgIpc) is 2.64. The van der Waals surface area contributed by atoms with Gasteiger partial charge in [0, 0.05) is 11.1 Å². The fraction of sp³-hybridized carbons (Fsp3) is 0.250. The SMILES string of the molecule is C=CC(=O)Nc1ccc(OC)c(-c2ccccc2OCCCC)c1Cl. The molecule has 0 bridgehead atoms. The second-order valence-corrected chi connectivity index (χ2v) is 5.77. The Bertz CT molecular complexity index is 759. The monoisotopic (exact) mass is 359 g/mol. The van der Waals surface area contributed by atoms with E-state index < -0.39 is 0 Å². The number of ether oxygens (including phenoxy) is 2. The number of methoxy groups -OCH3 is 1. The molecule has 0 unspecified atom stereocenters. The summed E-state index contributed by atoms with van der Waals surface area (Å²) in [5, 5.41) is 3.10. The number of para-hydroxylation sites is 1. The first-order chi connectivity index (χ1) is 12.1. The van der Waals surface area contributed by atoms with Crippen molar-refractivity contribution in [1.82, 2.24) is 0 Å². The van der Waals surface area contributed by atoms with Gasteiger partial charge in [0.15, 0.2) is 0 Å². The molecule has 0 fully saturated rings. The lowest BCUT2D eigenvalue weighted by Crippen LogP contribution is -2.08. The van der Waals surface area contributed by atoms with E-state index in [0.717, 1.165) is 24.2 Å². The summed E-state index contributed by atoms with van der Waals surface area (Å²) in [5.74, 6) is 1.00. The van der Waals surface area contributed by atoms with Crippen LogP contribution in [0.5, 0.6) is 11.5 Å². The van der Waals surface area contributed by atoms with E-state index >= 15 is 0 Å². The highest BCUT2D eigenvalue weighted by atomic mass is 35.5. The Labute approximate surface area is 153 Å². The highest BCUT2D eigenvalue weighted by Crippen LogP contribution is 2.44. The number of anilines is 1. The van der Waals surface area contributed by atoms with E-state index in [1.807, 2.05) is 24.3 Å². The summed E-state index contributed by atoms with van der Waals surface area (Å²) < 4.78 is 11.4. The Morgan fingerprint density at radius 2 is 2.00 bits per heavy atom. The number of carbonyl (C=O) groups excluding carboxylic acids is 1. The Hall–Kier alpha value is -2.46. The highest BCUT2D eigenvalue weighted by molar-refractivity contribution is 6.37. The van der Waals surface area contributed by atoms with Crippen LogP contribution in [-0.2, 0) is 4.79 Å². The molecule has 0 aliphatic carbocycles. The van der Waals surface area contributed by atoms with Gasteiger partial charge in [-0.05, 0) is 30.7 Å². The van der Waals surface area contributed by atoms with Gasteiger partial charge in [0.25, 0.3) is 0 Å². The van der Waals surface area contributed by atoms with Crippen LogP contribution in [0.2, 0.25) is 5.02 Å². The van der Waals surface area contributed by atoms with Gasteiger partial charge in [0.2, 0.25) is 5.91 Å². The number of amides is 1. The molecule has 5 heteroatoms. The number of rotatable bonds is 8. The molecule has 0 aliphatic rings. The van der Waals surface area contributed by atoms with Gasteiger partial charge in [-0.1, -0.05) is 49.7 Å². The number of nitrogens with one attached hydrogen (secondary N) is 1. The van der Waals surface area contributed by atoms with Crippen LogP contribution in [0.15, 0.2) is 49.1 Å². The first-order valence-electron chi connectivity index (χ1n) is 8.14. The maximum Gasteiger partial charge on any atom is 0.247 e. The number of hydrogen-bond acceptors (Lipinski definition) is 3. The molecule has 4 nitrogen and oxygen atoms in total. The van der Waals surface area contributed by atoms with Gasteiger partial charge in [-0.2, -0.15) is 0 Å². The van der Waals surface area contributed by atoms with Crippen LogP contribution in [0.25, 0.3) is 11.1 Å². The first-order valence-corrected chi connectivity index (χ1v) is 8.52. The molecule has 1 amide bonds. The third kappa shape index (κ3) is 4.54. The molecular formula is C20H22ClNO3. The van der Waals surface area contributed by atoms with E-state index in [9.17, 15) is 4.79 Å². The Balaban J connectivity index is 2.52. The molecule has 2 rings (SSSR count). The summed E-state index contributed by atoms with van der Waals surface area (Å²) >= 11 is 6.58. The molecule has 132 valence electrons. The van der Waals surface area contributed by atoms with Gasteiger partial charge in [-0.3, -0.25) is 4.79 Å². The molecule has 0 radical (unpaired) electrons. The van der Waals surface area contributed by atoms with Crippen molar-refractivity contribution >= 4 is 23.2 Å². The maximum atomic E-state index is 11.6. The molecule has 0 saturated heterocycles. The Morgan fingerprint density at radius 3 is 2.68 bits per heavy atom. The van der Waals surface area contributed by atoms with Crippen LogP contribution in [0.3, 0.4) is 0 Å². The summed E-state index contributed by atoms with van der Waals surface area (Å²) in [6.45, 7) is 6.19. The van der Waals surface area contributed by atoms with Crippen LogP contribution >= 0.6 is 11.6 Å². The van der Waals surface area contributed by atoms with Gasteiger partial charge in [0.05, 0.1) is 24.4 Å². The lowest BCUT2D eigenvalue weighted by atomic mass is 10.0. The molecule has 25 heavy (non-hydrogen) atoms. The molecule has 0 saturated carbocycles. The minimum absolute atomic E-state index is 0.328. The second-order valence-electron chi connectivity index (χ2n) is 5.40. The molecule has 0 atom stereocenters. The third-order valence-electron chi connectivity index (χ3n) is 3.68. The van der Waals surface area contributed by atoms with E-state index in [1.165, 1.54) is 6.08 Å². The van der Waals surface area contributed by atoms with E-state index in [-0.39, 0.29) is 5.91 Å². The van der Waals surface area contributed by atoms with Crippen molar-refractivity contribution in [2.24, 2.45) is 0 Å². The zero-order chi connectivity index (χ0) is 18.2. The topological polar surface area (TPSA) is 47.6 Å². The van der Waals surface area contributed by atoms with Crippen LogP contribution < -0.4 is 14.8 Å². The minimum atomic E-state index is -0.328. The number of halogens is 1. The van der Waals surface area contributed by atoms with E-state index in [2.05, 4.69) is 18.8 Å². The zero-order valence-corrected chi connectivity index (χ0v) is 15.2. The van der Waals surface area contributed by atoms with E-state index in [4.69, 9.17) is 21.1 Å². The lowest BCUT2D eigenvalue weighted by Gasteiger charge is -2.17. The van der Waals surface area contributed by atoms with Crippen LogP contribution in [0.1, 0.15) is 19.8 Å². The van der Waals surface area contributed by atoms with Crippen molar-refractivity contribution in [1.29, 1.82) is 0 Å². The highest BCUT2D eigenvalue weighted by Gasteiger charge is 2.18. The molecule has 0 aromatic heterocycles. The molecule has 1 N–H and O–H groups in total. The molecule has 0 heterocycles.